The molecule has 0 heterocycles. The lowest BCUT2D eigenvalue weighted by Gasteiger charge is -2.18. The van der Waals surface area contributed by atoms with Gasteiger partial charge in [0.1, 0.15) is 0 Å². The Hall–Kier alpha value is -4.78. The minimum absolute atomic E-state index is 0.0676. The standard InChI is InChI=1S/C24H24N2O11/c1-11(25-19(27)17-7-13(21(29)30)3-5-15(17)23(33)34)9-37-10-12(2)26-20(28)18-8-14(22(31)32)4-6-16(18)24(35)36/h3-8,11-12H,9-10H2,1-2H3,(H,25,27)(H,26,28)(H,29,30)(H,31,32)(H,33,34)(H,35,36). The molecule has 0 aliphatic heterocycles. The Balaban J connectivity index is 1.97. The van der Waals surface area contributed by atoms with Gasteiger partial charge in [-0.05, 0) is 50.2 Å². The maximum Gasteiger partial charge on any atom is 0.336 e. The number of carboxylic acids is 4. The second-order valence-electron chi connectivity index (χ2n) is 8.03. The van der Waals surface area contributed by atoms with Gasteiger partial charge in [-0.2, -0.15) is 0 Å². The van der Waals surface area contributed by atoms with Crippen LogP contribution in [0.4, 0.5) is 0 Å². The summed E-state index contributed by atoms with van der Waals surface area (Å²) in [6, 6.07) is 4.81. The molecule has 196 valence electrons. The predicted octanol–water partition coefficient (Wildman–Crippen LogP) is 1.43. The van der Waals surface area contributed by atoms with Crippen molar-refractivity contribution >= 4 is 35.7 Å². The SMILES string of the molecule is CC(COCC(C)NC(=O)c1cc(C(=O)O)ccc1C(=O)O)NC(=O)c1cc(C(=O)O)ccc1C(=O)O. The largest absolute Gasteiger partial charge is 0.478 e. The van der Waals surface area contributed by atoms with Crippen LogP contribution in [0.5, 0.6) is 0 Å². The highest BCUT2D eigenvalue weighted by atomic mass is 16.5. The molecule has 13 nitrogen and oxygen atoms in total. The number of carboxylic acid groups (broad SMARTS) is 4. The summed E-state index contributed by atoms with van der Waals surface area (Å²) < 4.78 is 5.46. The number of benzene rings is 2. The van der Waals surface area contributed by atoms with Crippen molar-refractivity contribution in [2.75, 3.05) is 13.2 Å². The van der Waals surface area contributed by atoms with Crippen molar-refractivity contribution in [1.82, 2.24) is 10.6 Å². The number of carbonyl (C=O) groups excluding carboxylic acids is 2. The minimum Gasteiger partial charge on any atom is -0.478 e. The van der Waals surface area contributed by atoms with E-state index in [9.17, 15) is 39.0 Å². The summed E-state index contributed by atoms with van der Waals surface area (Å²) in [4.78, 5) is 70.2. The first kappa shape index (κ1) is 28.5. The number of rotatable bonds is 12. The van der Waals surface area contributed by atoms with Gasteiger partial charge in [0.15, 0.2) is 0 Å². The zero-order valence-corrected chi connectivity index (χ0v) is 19.7. The van der Waals surface area contributed by atoms with Gasteiger partial charge >= 0.3 is 23.9 Å². The molecule has 0 aliphatic carbocycles. The van der Waals surface area contributed by atoms with Gasteiger partial charge in [0.25, 0.3) is 11.8 Å². The molecular formula is C24H24N2O11. The Morgan fingerprint density at radius 1 is 0.622 bits per heavy atom. The van der Waals surface area contributed by atoms with Crippen molar-refractivity contribution < 1.29 is 53.9 Å². The molecule has 13 heteroatoms. The van der Waals surface area contributed by atoms with Crippen molar-refractivity contribution in [2.24, 2.45) is 0 Å². The number of nitrogens with one attached hydrogen (secondary N) is 2. The Morgan fingerprint density at radius 2 is 0.973 bits per heavy atom. The molecule has 0 aliphatic rings. The second-order valence-corrected chi connectivity index (χ2v) is 8.03. The van der Waals surface area contributed by atoms with E-state index in [0.29, 0.717) is 0 Å². The molecule has 2 rings (SSSR count). The molecule has 2 unspecified atom stereocenters. The van der Waals surface area contributed by atoms with Crippen molar-refractivity contribution in [1.29, 1.82) is 0 Å². The summed E-state index contributed by atoms with van der Waals surface area (Å²) >= 11 is 0. The number of hydrogen-bond acceptors (Lipinski definition) is 7. The first-order chi connectivity index (χ1) is 17.3. The predicted molar refractivity (Wildman–Crippen MR) is 125 cm³/mol. The van der Waals surface area contributed by atoms with Gasteiger partial charge in [-0.3, -0.25) is 9.59 Å². The third kappa shape index (κ3) is 7.60. The van der Waals surface area contributed by atoms with Crippen molar-refractivity contribution in [2.45, 2.75) is 25.9 Å². The molecule has 0 aromatic heterocycles. The molecule has 37 heavy (non-hydrogen) atoms. The summed E-state index contributed by atoms with van der Waals surface area (Å²) in [6.45, 7) is 2.97. The highest BCUT2D eigenvalue weighted by molar-refractivity contribution is 6.07. The van der Waals surface area contributed by atoms with Crippen LogP contribution in [0.1, 0.15) is 76.0 Å². The molecule has 0 radical (unpaired) electrons. The van der Waals surface area contributed by atoms with Crippen LogP contribution in [0.25, 0.3) is 0 Å². The summed E-state index contributed by atoms with van der Waals surface area (Å²) in [5, 5.41) is 41.8. The third-order valence-corrected chi connectivity index (χ3v) is 4.97. The number of ether oxygens (including phenoxy) is 1. The smallest absolute Gasteiger partial charge is 0.336 e. The van der Waals surface area contributed by atoms with Crippen LogP contribution < -0.4 is 10.6 Å². The van der Waals surface area contributed by atoms with E-state index in [1.54, 1.807) is 13.8 Å². The number of hydrogen-bond donors (Lipinski definition) is 6. The Labute approximate surface area is 209 Å². The van der Waals surface area contributed by atoms with E-state index in [1.165, 1.54) is 0 Å². The van der Waals surface area contributed by atoms with Gasteiger partial charge in [0, 0.05) is 12.1 Å². The van der Waals surface area contributed by atoms with Crippen molar-refractivity contribution in [3.63, 3.8) is 0 Å². The molecule has 0 saturated heterocycles. The average Bonchev–Trinajstić information content (AvgIpc) is 2.82. The van der Waals surface area contributed by atoms with Gasteiger partial charge < -0.3 is 35.8 Å². The first-order valence-corrected chi connectivity index (χ1v) is 10.7. The van der Waals surface area contributed by atoms with E-state index in [1.807, 2.05) is 0 Å². The molecule has 0 fully saturated rings. The lowest BCUT2D eigenvalue weighted by Crippen LogP contribution is -2.40. The number of carbonyl (C=O) groups is 6. The molecule has 6 N–H and O–H groups in total. The van der Waals surface area contributed by atoms with Gasteiger partial charge in [-0.15, -0.1) is 0 Å². The Morgan fingerprint density at radius 3 is 1.27 bits per heavy atom. The van der Waals surface area contributed by atoms with E-state index >= 15 is 0 Å². The lowest BCUT2D eigenvalue weighted by atomic mass is 10.0. The van der Waals surface area contributed by atoms with Crippen LogP contribution in [-0.2, 0) is 4.74 Å². The molecule has 0 saturated carbocycles. The van der Waals surface area contributed by atoms with Crippen molar-refractivity contribution in [3.8, 4) is 0 Å². The van der Waals surface area contributed by atoms with Gasteiger partial charge in [-0.1, -0.05) is 0 Å². The lowest BCUT2D eigenvalue weighted by molar-refractivity contribution is 0.0673. The van der Waals surface area contributed by atoms with E-state index < -0.39 is 47.8 Å². The van der Waals surface area contributed by atoms with E-state index in [-0.39, 0.29) is 46.6 Å². The molecular weight excluding hydrogens is 492 g/mol. The van der Waals surface area contributed by atoms with Crippen LogP contribution in [-0.4, -0.2) is 81.4 Å². The topological polar surface area (TPSA) is 217 Å². The maximum absolute atomic E-state index is 12.5. The zero-order chi connectivity index (χ0) is 27.9. The number of amides is 2. The molecule has 2 aromatic rings. The fourth-order valence-electron chi connectivity index (χ4n) is 3.21. The fourth-order valence-corrected chi connectivity index (χ4v) is 3.21. The van der Waals surface area contributed by atoms with Gasteiger partial charge in [0.2, 0.25) is 0 Å². The van der Waals surface area contributed by atoms with Crippen LogP contribution in [0.3, 0.4) is 0 Å². The fraction of sp³-hybridized carbons (Fsp3) is 0.250. The average molecular weight is 516 g/mol. The van der Waals surface area contributed by atoms with E-state index in [0.717, 1.165) is 36.4 Å². The van der Waals surface area contributed by atoms with Gasteiger partial charge in [0.05, 0.1) is 46.6 Å². The molecule has 0 bridgehead atoms. The zero-order valence-electron chi connectivity index (χ0n) is 19.7. The van der Waals surface area contributed by atoms with Gasteiger partial charge in [-0.25, -0.2) is 19.2 Å². The third-order valence-electron chi connectivity index (χ3n) is 4.97. The maximum atomic E-state index is 12.5. The Kier molecular flexibility index (Phi) is 9.43. The molecule has 2 atom stereocenters. The van der Waals surface area contributed by atoms with E-state index in [4.69, 9.17) is 14.9 Å². The van der Waals surface area contributed by atoms with Crippen LogP contribution in [0.2, 0.25) is 0 Å². The quantitative estimate of drug-likeness (QED) is 0.237. The van der Waals surface area contributed by atoms with Crippen LogP contribution >= 0.6 is 0 Å². The summed E-state index contributed by atoms with van der Waals surface area (Å²) in [6.07, 6.45) is 0. The summed E-state index contributed by atoms with van der Waals surface area (Å²) in [5.74, 6) is -7.12. The highest BCUT2D eigenvalue weighted by Gasteiger charge is 2.22. The highest BCUT2D eigenvalue weighted by Crippen LogP contribution is 2.15. The second kappa shape index (κ2) is 12.3. The van der Waals surface area contributed by atoms with E-state index in [2.05, 4.69) is 10.6 Å². The monoisotopic (exact) mass is 516 g/mol. The summed E-state index contributed by atoms with van der Waals surface area (Å²) in [7, 11) is 0. The normalized spacial score (nSPS) is 12.2. The van der Waals surface area contributed by atoms with Crippen LogP contribution in [0, 0.1) is 0 Å². The number of aromatic carboxylic acids is 4. The van der Waals surface area contributed by atoms with Crippen LogP contribution in [0.15, 0.2) is 36.4 Å². The minimum atomic E-state index is -1.41. The Bertz CT molecular complexity index is 1160. The first-order valence-electron chi connectivity index (χ1n) is 10.7. The van der Waals surface area contributed by atoms with Crippen molar-refractivity contribution in [3.05, 3.63) is 69.8 Å². The molecule has 2 amide bonds. The summed E-state index contributed by atoms with van der Waals surface area (Å²) in [5.41, 5.74) is -1.94. The molecule has 0 spiro atoms. The molecule has 2 aromatic carbocycles.